The SMILES string of the molecule is CCNC(=NCC1CCCOC1c1ccc(C)cc1)NCC1CCCO1.I. The highest BCUT2D eigenvalue weighted by Gasteiger charge is 2.27. The second-order valence-electron chi connectivity index (χ2n) is 7.34. The lowest BCUT2D eigenvalue weighted by Crippen LogP contribution is -2.41. The molecule has 5 nitrogen and oxygen atoms in total. The van der Waals surface area contributed by atoms with Crippen LogP contribution in [0.1, 0.15) is 49.8 Å². The average molecular weight is 487 g/mol. The zero-order valence-electron chi connectivity index (χ0n) is 16.6. The summed E-state index contributed by atoms with van der Waals surface area (Å²) in [4.78, 5) is 4.85. The van der Waals surface area contributed by atoms with Crippen molar-refractivity contribution < 1.29 is 9.47 Å². The number of nitrogens with zero attached hydrogens (tertiary/aromatic N) is 1. The second-order valence-corrected chi connectivity index (χ2v) is 7.34. The number of rotatable bonds is 6. The van der Waals surface area contributed by atoms with Crippen molar-refractivity contribution in [2.45, 2.75) is 51.7 Å². The molecule has 152 valence electrons. The van der Waals surface area contributed by atoms with Gasteiger partial charge < -0.3 is 20.1 Å². The summed E-state index contributed by atoms with van der Waals surface area (Å²) in [5, 5.41) is 6.79. The number of aliphatic imine (C=N–C) groups is 1. The second kappa shape index (κ2) is 11.9. The molecule has 3 rings (SSSR count). The van der Waals surface area contributed by atoms with Crippen molar-refractivity contribution >= 4 is 29.9 Å². The molecule has 2 fully saturated rings. The summed E-state index contributed by atoms with van der Waals surface area (Å²) in [5.74, 6) is 1.31. The Hall–Kier alpha value is -0.860. The van der Waals surface area contributed by atoms with E-state index in [1.165, 1.54) is 11.1 Å². The Morgan fingerprint density at radius 1 is 1.07 bits per heavy atom. The topological polar surface area (TPSA) is 54.9 Å². The van der Waals surface area contributed by atoms with Gasteiger partial charge >= 0.3 is 0 Å². The molecule has 2 aliphatic heterocycles. The van der Waals surface area contributed by atoms with E-state index < -0.39 is 0 Å². The number of benzene rings is 1. The molecule has 3 unspecified atom stereocenters. The van der Waals surface area contributed by atoms with Gasteiger partial charge in [0.1, 0.15) is 0 Å². The van der Waals surface area contributed by atoms with Crippen molar-refractivity contribution in [3.63, 3.8) is 0 Å². The Morgan fingerprint density at radius 3 is 2.52 bits per heavy atom. The quantitative estimate of drug-likeness (QED) is 0.364. The molecule has 1 aromatic rings. The molecule has 2 aliphatic rings. The molecular weight excluding hydrogens is 453 g/mol. The van der Waals surface area contributed by atoms with Crippen LogP contribution in [-0.4, -0.2) is 44.9 Å². The molecule has 0 bridgehead atoms. The van der Waals surface area contributed by atoms with Crippen LogP contribution in [0.2, 0.25) is 0 Å². The Labute approximate surface area is 180 Å². The van der Waals surface area contributed by atoms with E-state index in [-0.39, 0.29) is 30.1 Å². The summed E-state index contributed by atoms with van der Waals surface area (Å²) in [7, 11) is 0. The van der Waals surface area contributed by atoms with E-state index in [0.717, 1.165) is 64.5 Å². The van der Waals surface area contributed by atoms with E-state index in [1.54, 1.807) is 0 Å². The summed E-state index contributed by atoms with van der Waals surface area (Å²) < 4.78 is 11.8. The van der Waals surface area contributed by atoms with Crippen LogP contribution in [0.4, 0.5) is 0 Å². The summed E-state index contributed by atoms with van der Waals surface area (Å²) in [6, 6.07) is 8.73. The fourth-order valence-electron chi connectivity index (χ4n) is 3.72. The summed E-state index contributed by atoms with van der Waals surface area (Å²) in [6.07, 6.45) is 5.04. The first-order chi connectivity index (χ1) is 12.8. The van der Waals surface area contributed by atoms with Gasteiger partial charge in [0.25, 0.3) is 0 Å². The third-order valence-corrected chi connectivity index (χ3v) is 5.20. The predicted octanol–water partition coefficient (Wildman–Crippen LogP) is 3.81. The Bertz CT molecular complexity index is 573. The van der Waals surface area contributed by atoms with E-state index in [0.29, 0.717) is 12.0 Å². The molecule has 3 atom stereocenters. The van der Waals surface area contributed by atoms with E-state index in [4.69, 9.17) is 14.5 Å². The number of aryl methyl sites for hydroxylation is 1. The van der Waals surface area contributed by atoms with Crippen LogP contribution in [0.5, 0.6) is 0 Å². The summed E-state index contributed by atoms with van der Waals surface area (Å²) in [5.41, 5.74) is 2.56. The van der Waals surface area contributed by atoms with E-state index in [9.17, 15) is 0 Å². The summed E-state index contributed by atoms with van der Waals surface area (Å²) >= 11 is 0. The Kier molecular flexibility index (Phi) is 9.86. The number of hydrogen-bond donors (Lipinski definition) is 2. The van der Waals surface area contributed by atoms with Crippen molar-refractivity contribution in [1.29, 1.82) is 0 Å². The average Bonchev–Trinajstić information content (AvgIpc) is 3.19. The van der Waals surface area contributed by atoms with Gasteiger partial charge in [0.2, 0.25) is 0 Å². The van der Waals surface area contributed by atoms with Crippen LogP contribution in [0.3, 0.4) is 0 Å². The van der Waals surface area contributed by atoms with Crippen LogP contribution in [0.25, 0.3) is 0 Å². The fraction of sp³-hybridized carbons (Fsp3) is 0.667. The van der Waals surface area contributed by atoms with Crippen molar-refractivity contribution in [3.8, 4) is 0 Å². The lowest BCUT2D eigenvalue weighted by atomic mass is 9.89. The molecule has 2 saturated heterocycles. The zero-order valence-corrected chi connectivity index (χ0v) is 18.9. The van der Waals surface area contributed by atoms with Crippen molar-refractivity contribution in [2.24, 2.45) is 10.9 Å². The van der Waals surface area contributed by atoms with E-state index in [2.05, 4.69) is 48.7 Å². The Morgan fingerprint density at radius 2 is 1.81 bits per heavy atom. The lowest BCUT2D eigenvalue weighted by molar-refractivity contribution is -0.0250. The monoisotopic (exact) mass is 487 g/mol. The van der Waals surface area contributed by atoms with Gasteiger partial charge in [0, 0.05) is 38.8 Å². The zero-order chi connectivity index (χ0) is 18.2. The van der Waals surface area contributed by atoms with Crippen molar-refractivity contribution in [1.82, 2.24) is 10.6 Å². The first-order valence-electron chi connectivity index (χ1n) is 10.1. The molecular formula is C21H34IN3O2. The third-order valence-electron chi connectivity index (χ3n) is 5.20. The maximum absolute atomic E-state index is 6.12. The molecule has 0 saturated carbocycles. The normalized spacial score (nSPS) is 25.7. The molecule has 1 aromatic carbocycles. The number of guanidine groups is 1. The highest BCUT2D eigenvalue weighted by molar-refractivity contribution is 14.0. The smallest absolute Gasteiger partial charge is 0.191 e. The van der Waals surface area contributed by atoms with Gasteiger partial charge in [-0.1, -0.05) is 29.8 Å². The summed E-state index contributed by atoms with van der Waals surface area (Å²) in [6.45, 7) is 8.42. The molecule has 0 spiro atoms. The molecule has 0 amide bonds. The van der Waals surface area contributed by atoms with Gasteiger partial charge in [-0.3, -0.25) is 4.99 Å². The van der Waals surface area contributed by atoms with E-state index >= 15 is 0 Å². The number of nitrogens with one attached hydrogen (secondary N) is 2. The van der Waals surface area contributed by atoms with Crippen LogP contribution in [0.15, 0.2) is 29.3 Å². The highest BCUT2D eigenvalue weighted by atomic mass is 127. The van der Waals surface area contributed by atoms with Crippen LogP contribution >= 0.6 is 24.0 Å². The minimum atomic E-state index is 0. The first kappa shape index (κ1) is 22.4. The largest absolute Gasteiger partial charge is 0.376 e. The minimum Gasteiger partial charge on any atom is -0.376 e. The highest BCUT2D eigenvalue weighted by Crippen LogP contribution is 2.33. The number of ether oxygens (including phenoxy) is 2. The fourth-order valence-corrected chi connectivity index (χ4v) is 3.72. The molecule has 0 radical (unpaired) electrons. The molecule has 0 aromatic heterocycles. The molecule has 2 heterocycles. The predicted molar refractivity (Wildman–Crippen MR) is 121 cm³/mol. The van der Waals surface area contributed by atoms with Gasteiger partial charge in [0.15, 0.2) is 5.96 Å². The molecule has 2 N–H and O–H groups in total. The minimum absolute atomic E-state index is 0. The van der Waals surface area contributed by atoms with Gasteiger partial charge in [-0.2, -0.15) is 0 Å². The Balaban J connectivity index is 0.00000261. The maximum Gasteiger partial charge on any atom is 0.191 e. The van der Waals surface area contributed by atoms with Gasteiger partial charge in [0.05, 0.1) is 12.2 Å². The van der Waals surface area contributed by atoms with Crippen LogP contribution in [0, 0.1) is 12.8 Å². The van der Waals surface area contributed by atoms with Gasteiger partial charge in [-0.15, -0.1) is 24.0 Å². The lowest BCUT2D eigenvalue weighted by Gasteiger charge is -2.31. The standard InChI is InChI=1S/C21H33N3O2.HI/c1-3-22-21(24-15-19-7-5-12-25-19)23-14-18-6-4-13-26-20(18)17-10-8-16(2)9-11-17;/h8-11,18-20H,3-7,12-15H2,1-2H3,(H2,22,23,24);1H. The van der Waals surface area contributed by atoms with Crippen molar-refractivity contribution in [3.05, 3.63) is 35.4 Å². The molecule has 27 heavy (non-hydrogen) atoms. The number of halogens is 1. The molecule has 6 heteroatoms. The maximum atomic E-state index is 6.12. The van der Waals surface area contributed by atoms with Gasteiger partial charge in [-0.05, 0) is 45.1 Å². The van der Waals surface area contributed by atoms with Gasteiger partial charge in [-0.25, -0.2) is 0 Å². The third kappa shape index (κ3) is 6.91. The van der Waals surface area contributed by atoms with Crippen molar-refractivity contribution in [2.75, 3.05) is 32.8 Å². The van der Waals surface area contributed by atoms with E-state index in [1.807, 2.05) is 0 Å². The molecule has 0 aliphatic carbocycles. The first-order valence-corrected chi connectivity index (χ1v) is 10.1. The van der Waals surface area contributed by atoms with Crippen LogP contribution < -0.4 is 10.6 Å². The number of hydrogen-bond acceptors (Lipinski definition) is 3. The van der Waals surface area contributed by atoms with Crippen LogP contribution in [-0.2, 0) is 9.47 Å².